The Balaban J connectivity index is 2.27. The molecule has 1 aromatic carbocycles. The monoisotopic (exact) mass is 278 g/mol. The van der Waals surface area contributed by atoms with Crippen LogP contribution in [0.1, 0.15) is 38.7 Å². The van der Waals surface area contributed by atoms with E-state index in [2.05, 4.69) is 43.2 Å². The first-order valence-electron chi connectivity index (χ1n) is 7.71. The predicted octanol–water partition coefficient (Wildman–Crippen LogP) is 3.30. The summed E-state index contributed by atoms with van der Waals surface area (Å²) in [5.41, 5.74) is 1.34. The Labute approximate surface area is 124 Å². The second-order valence-electron chi connectivity index (χ2n) is 5.50. The van der Waals surface area contributed by atoms with Crippen molar-refractivity contribution in [3.05, 3.63) is 29.8 Å². The highest BCUT2D eigenvalue weighted by atomic mass is 16.5. The summed E-state index contributed by atoms with van der Waals surface area (Å²) in [6, 6.07) is 8.96. The lowest BCUT2D eigenvalue weighted by atomic mass is 10.1. The fourth-order valence-corrected chi connectivity index (χ4v) is 2.22. The van der Waals surface area contributed by atoms with Gasteiger partial charge in [-0.15, -0.1) is 0 Å². The maximum absolute atomic E-state index is 5.19. The molecule has 0 saturated heterocycles. The normalized spacial score (nSPS) is 12.7. The van der Waals surface area contributed by atoms with E-state index in [1.165, 1.54) is 24.8 Å². The van der Waals surface area contributed by atoms with Crippen molar-refractivity contribution in [2.75, 3.05) is 27.2 Å². The summed E-state index contributed by atoms with van der Waals surface area (Å²) in [5, 5.41) is 3.46. The standard InChI is InChI=1S/C17H30N2O/c1-5-12-18-13-6-7-15(2)19(3)14-16-8-10-17(20-4)11-9-16/h8-11,15,18H,5-7,12-14H2,1-4H3. The summed E-state index contributed by atoms with van der Waals surface area (Å²) in [7, 11) is 3.91. The number of ether oxygens (including phenoxy) is 1. The summed E-state index contributed by atoms with van der Waals surface area (Å²) in [6.07, 6.45) is 3.70. The summed E-state index contributed by atoms with van der Waals surface area (Å²) >= 11 is 0. The van der Waals surface area contributed by atoms with Crippen LogP contribution in [0.4, 0.5) is 0 Å². The van der Waals surface area contributed by atoms with Gasteiger partial charge in [0.15, 0.2) is 0 Å². The predicted molar refractivity (Wildman–Crippen MR) is 86.3 cm³/mol. The number of rotatable bonds is 10. The summed E-state index contributed by atoms with van der Waals surface area (Å²) in [6.45, 7) is 7.78. The molecule has 0 radical (unpaired) electrons. The Morgan fingerprint density at radius 1 is 1.20 bits per heavy atom. The van der Waals surface area contributed by atoms with E-state index in [-0.39, 0.29) is 0 Å². The number of nitrogens with one attached hydrogen (secondary N) is 1. The van der Waals surface area contributed by atoms with Gasteiger partial charge in [-0.2, -0.15) is 0 Å². The molecule has 0 spiro atoms. The van der Waals surface area contributed by atoms with Gasteiger partial charge in [0, 0.05) is 12.6 Å². The molecule has 0 bridgehead atoms. The lowest BCUT2D eigenvalue weighted by Gasteiger charge is -2.25. The Morgan fingerprint density at radius 2 is 1.90 bits per heavy atom. The molecule has 1 aromatic rings. The molecule has 0 aliphatic rings. The maximum atomic E-state index is 5.19. The van der Waals surface area contributed by atoms with Crippen LogP contribution in [0.25, 0.3) is 0 Å². The highest BCUT2D eigenvalue weighted by Crippen LogP contribution is 2.14. The van der Waals surface area contributed by atoms with Crippen molar-refractivity contribution in [1.29, 1.82) is 0 Å². The van der Waals surface area contributed by atoms with Crippen LogP contribution in [0, 0.1) is 0 Å². The number of hydrogen-bond donors (Lipinski definition) is 1. The molecule has 0 saturated carbocycles. The molecule has 3 heteroatoms. The Kier molecular flexibility index (Phi) is 8.31. The highest BCUT2D eigenvalue weighted by Gasteiger charge is 2.09. The molecular formula is C17H30N2O. The van der Waals surface area contributed by atoms with Gasteiger partial charge in [-0.25, -0.2) is 0 Å². The Bertz CT molecular complexity index is 351. The van der Waals surface area contributed by atoms with Gasteiger partial charge in [-0.1, -0.05) is 19.1 Å². The molecule has 0 fully saturated rings. The molecule has 114 valence electrons. The van der Waals surface area contributed by atoms with Crippen molar-refractivity contribution in [3.63, 3.8) is 0 Å². The molecule has 0 amide bonds. The third-order valence-corrected chi connectivity index (χ3v) is 3.75. The fraction of sp³-hybridized carbons (Fsp3) is 0.647. The van der Waals surface area contributed by atoms with Crippen molar-refractivity contribution in [1.82, 2.24) is 10.2 Å². The second kappa shape index (κ2) is 9.78. The van der Waals surface area contributed by atoms with E-state index in [1.807, 2.05) is 12.1 Å². The average Bonchev–Trinajstić information content (AvgIpc) is 2.47. The van der Waals surface area contributed by atoms with Crippen LogP contribution >= 0.6 is 0 Å². The zero-order chi connectivity index (χ0) is 14.8. The molecule has 0 heterocycles. The maximum Gasteiger partial charge on any atom is 0.118 e. The minimum absolute atomic E-state index is 0.612. The van der Waals surface area contributed by atoms with Gasteiger partial charge in [0.25, 0.3) is 0 Å². The van der Waals surface area contributed by atoms with Crippen LogP contribution in [-0.2, 0) is 6.54 Å². The van der Waals surface area contributed by atoms with Crippen molar-refractivity contribution in [2.45, 2.75) is 45.7 Å². The van der Waals surface area contributed by atoms with Gasteiger partial charge in [0.05, 0.1) is 7.11 Å². The fourth-order valence-electron chi connectivity index (χ4n) is 2.22. The first-order chi connectivity index (χ1) is 9.67. The Morgan fingerprint density at radius 3 is 2.50 bits per heavy atom. The molecule has 20 heavy (non-hydrogen) atoms. The summed E-state index contributed by atoms with van der Waals surface area (Å²) in [5.74, 6) is 0.923. The van der Waals surface area contributed by atoms with E-state index in [1.54, 1.807) is 7.11 Å². The summed E-state index contributed by atoms with van der Waals surface area (Å²) < 4.78 is 5.19. The lowest BCUT2D eigenvalue weighted by Crippen LogP contribution is -2.29. The topological polar surface area (TPSA) is 24.5 Å². The molecule has 0 aromatic heterocycles. The van der Waals surface area contributed by atoms with Crippen LogP contribution in [0.5, 0.6) is 5.75 Å². The Hall–Kier alpha value is -1.06. The SMILES string of the molecule is CCCNCCCC(C)N(C)Cc1ccc(OC)cc1. The lowest BCUT2D eigenvalue weighted by molar-refractivity contribution is 0.234. The van der Waals surface area contributed by atoms with Crippen LogP contribution in [-0.4, -0.2) is 38.2 Å². The van der Waals surface area contributed by atoms with Gasteiger partial charge in [0.2, 0.25) is 0 Å². The molecule has 1 atom stereocenters. The quantitative estimate of drug-likeness (QED) is 0.665. The van der Waals surface area contributed by atoms with E-state index in [0.717, 1.165) is 25.4 Å². The van der Waals surface area contributed by atoms with Crippen LogP contribution < -0.4 is 10.1 Å². The minimum Gasteiger partial charge on any atom is -0.497 e. The number of benzene rings is 1. The molecule has 1 N–H and O–H groups in total. The van der Waals surface area contributed by atoms with Crippen LogP contribution in [0.15, 0.2) is 24.3 Å². The zero-order valence-electron chi connectivity index (χ0n) is 13.5. The average molecular weight is 278 g/mol. The molecule has 1 rings (SSSR count). The first-order valence-corrected chi connectivity index (χ1v) is 7.71. The third kappa shape index (κ3) is 6.40. The molecule has 3 nitrogen and oxygen atoms in total. The third-order valence-electron chi connectivity index (χ3n) is 3.75. The van der Waals surface area contributed by atoms with Gasteiger partial charge in [0.1, 0.15) is 5.75 Å². The van der Waals surface area contributed by atoms with Gasteiger partial charge in [-0.3, -0.25) is 4.90 Å². The minimum atomic E-state index is 0.612. The summed E-state index contributed by atoms with van der Waals surface area (Å²) in [4.78, 5) is 2.42. The highest BCUT2D eigenvalue weighted by molar-refractivity contribution is 5.27. The largest absolute Gasteiger partial charge is 0.497 e. The van der Waals surface area contributed by atoms with Crippen LogP contribution in [0.2, 0.25) is 0 Å². The second-order valence-corrected chi connectivity index (χ2v) is 5.50. The number of nitrogens with zero attached hydrogens (tertiary/aromatic N) is 1. The van der Waals surface area contributed by atoms with E-state index in [4.69, 9.17) is 4.74 Å². The van der Waals surface area contributed by atoms with Gasteiger partial charge < -0.3 is 10.1 Å². The molecule has 1 unspecified atom stereocenters. The van der Waals surface area contributed by atoms with Crippen molar-refractivity contribution in [2.24, 2.45) is 0 Å². The first kappa shape index (κ1) is 17.0. The smallest absolute Gasteiger partial charge is 0.118 e. The van der Waals surface area contributed by atoms with Crippen molar-refractivity contribution >= 4 is 0 Å². The number of hydrogen-bond acceptors (Lipinski definition) is 3. The van der Waals surface area contributed by atoms with Gasteiger partial charge >= 0.3 is 0 Å². The van der Waals surface area contributed by atoms with Crippen molar-refractivity contribution < 1.29 is 4.74 Å². The van der Waals surface area contributed by atoms with E-state index < -0.39 is 0 Å². The molecular weight excluding hydrogens is 248 g/mol. The number of methoxy groups -OCH3 is 1. The van der Waals surface area contributed by atoms with Crippen LogP contribution in [0.3, 0.4) is 0 Å². The van der Waals surface area contributed by atoms with E-state index in [9.17, 15) is 0 Å². The van der Waals surface area contributed by atoms with Crippen molar-refractivity contribution in [3.8, 4) is 5.75 Å². The van der Waals surface area contributed by atoms with E-state index in [0.29, 0.717) is 6.04 Å². The van der Waals surface area contributed by atoms with Gasteiger partial charge in [-0.05, 0) is 64.0 Å². The zero-order valence-corrected chi connectivity index (χ0v) is 13.5. The molecule has 0 aliphatic carbocycles. The van der Waals surface area contributed by atoms with E-state index >= 15 is 0 Å². The molecule has 0 aliphatic heterocycles.